The minimum atomic E-state index is -0.798. The van der Waals surface area contributed by atoms with E-state index in [1.54, 1.807) is 11.8 Å². The molecule has 1 aromatic carbocycles. The number of nitrogens with one attached hydrogen (secondary N) is 1. The number of urea groups is 1. The van der Waals surface area contributed by atoms with Crippen molar-refractivity contribution in [1.82, 2.24) is 10.2 Å². The molecule has 0 bridgehead atoms. The van der Waals surface area contributed by atoms with E-state index in [-0.39, 0.29) is 24.4 Å². The molecule has 0 unspecified atom stereocenters. The number of fused-ring (bicyclic) bond motifs is 1. The van der Waals surface area contributed by atoms with Crippen LogP contribution in [0.25, 0.3) is 0 Å². The summed E-state index contributed by atoms with van der Waals surface area (Å²) in [5.41, 5.74) is 1.98. The number of carbonyl (C=O) groups is 3. The molecule has 2 heterocycles. The highest BCUT2D eigenvalue weighted by Crippen LogP contribution is 2.32. The molecular formula is C15H17N3O3. The smallest absolute Gasteiger partial charge is 0.325 e. The topological polar surface area (TPSA) is 69.7 Å². The van der Waals surface area contributed by atoms with Gasteiger partial charge in [0.2, 0.25) is 5.91 Å². The van der Waals surface area contributed by atoms with E-state index in [4.69, 9.17) is 0 Å². The maximum absolute atomic E-state index is 12.7. The zero-order valence-electron chi connectivity index (χ0n) is 12.0. The summed E-state index contributed by atoms with van der Waals surface area (Å²) >= 11 is 0. The van der Waals surface area contributed by atoms with Gasteiger partial charge < -0.3 is 10.2 Å². The highest BCUT2D eigenvalue weighted by atomic mass is 16.2. The van der Waals surface area contributed by atoms with Crippen molar-refractivity contribution in [3.8, 4) is 0 Å². The maximum atomic E-state index is 12.7. The lowest BCUT2D eigenvalue weighted by Crippen LogP contribution is -2.51. The van der Waals surface area contributed by atoms with Crippen molar-refractivity contribution in [1.29, 1.82) is 0 Å². The van der Waals surface area contributed by atoms with Crippen molar-refractivity contribution in [2.75, 3.05) is 11.4 Å². The van der Waals surface area contributed by atoms with E-state index in [0.717, 1.165) is 22.6 Å². The summed E-state index contributed by atoms with van der Waals surface area (Å²) in [4.78, 5) is 38.9. The standard InChI is InChI=1S/C15H17N3O3/c1-9-7-11-5-3-4-6-12(11)17(9)14(20)10(2)18-13(19)8-16-15(18)21/h3-6,9-10H,7-8H2,1-2H3,(H,16,21)/t9-,10+/m0/s1. The Morgan fingerprint density at radius 2 is 2.05 bits per heavy atom. The number of hydrogen-bond donors (Lipinski definition) is 1. The van der Waals surface area contributed by atoms with Gasteiger partial charge >= 0.3 is 6.03 Å². The van der Waals surface area contributed by atoms with Crippen molar-refractivity contribution in [2.45, 2.75) is 32.4 Å². The fraction of sp³-hybridized carbons (Fsp3) is 0.400. The normalized spacial score (nSPS) is 22.3. The number of anilines is 1. The molecular weight excluding hydrogens is 270 g/mol. The molecule has 2 aliphatic heterocycles. The van der Waals surface area contributed by atoms with Crippen LogP contribution in [0.1, 0.15) is 19.4 Å². The molecule has 0 aliphatic carbocycles. The predicted molar refractivity (Wildman–Crippen MR) is 76.8 cm³/mol. The average molecular weight is 287 g/mol. The average Bonchev–Trinajstić information content (AvgIpc) is 2.96. The van der Waals surface area contributed by atoms with Crippen LogP contribution in [-0.2, 0) is 16.0 Å². The van der Waals surface area contributed by atoms with Crippen LogP contribution in [0, 0.1) is 0 Å². The first-order valence-electron chi connectivity index (χ1n) is 7.01. The molecule has 21 heavy (non-hydrogen) atoms. The van der Waals surface area contributed by atoms with Gasteiger partial charge in [0.15, 0.2) is 0 Å². The molecule has 2 atom stereocenters. The van der Waals surface area contributed by atoms with Gasteiger partial charge in [-0.2, -0.15) is 0 Å². The Morgan fingerprint density at radius 3 is 2.71 bits per heavy atom. The minimum absolute atomic E-state index is 0.0260. The monoisotopic (exact) mass is 287 g/mol. The van der Waals surface area contributed by atoms with Gasteiger partial charge in [-0.25, -0.2) is 4.79 Å². The Kier molecular flexibility index (Phi) is 3.16. The van der Waals surface area contributed by atoms with E-state index in [2.05, 4.69) is 5.32 Å². The Balaban J connectivity index is 1.88. The molecule has 1 aromatic rings. The van der Waals surface area contributed by atoms with Crippen LogP contribution in [-0.4, -0.2) is 41.4 Å². The first kappa shape index (κ1) is 13.6. The van der Waals surface area contributed by atoms with E-state index in [9.17, 15) is 14.4 Å². The van der Waals surface area contributed by atoms with Crippen LogP contribution in [0.4, 0.5) is 10.5 Å². The third-order valence-corrected chi connectivity index (χ3v) is 4.07. The molecule has 6 nitrogen and oxygen atoms in total. The summed E-state index contributed by atoms with van der Waals surface area (Å²) in [5.74, 6) is -0.584. The van der Waals surface area contributed by atoms with Crippen LogP contribution in [0.15, 0.2) is 24.3 Å². The SMILES string of the molecule is C[C@H](C(=O)N1c2ccccc2C[C@@H]1C)N1C(=O)CNC1=O. The predicted octanol–water partition coefficient (Wildman–Crippen LogP) is 0.904. The number of benzene rings is 1. The highest BCUT2D eigenvalue weighted by molar-refractivity contribution is 6.08. The number of rotatable bonds is 2. The molecule has 6 heteroatoms. The van der Waals surface area contributed by atoms with Gasteiger partial charge in [0, 0.05) is 11.7 Å². The molecule has 4 amide bonds. The summed E-state index contributed by atoms with van der Waals surface area (Å²) in [5, 5.41) is 2.44. The van der Waals surface area contributed by atoms with Gasteiger partial charge in [-0.3, -0.25) is 14.5 Å². The van der Waals surface area contributed by atoms with E-state index in [0.29, 0.717) is 0 Å². The Morgan fingerprint density at radius 1 is 1.33 bits per heavy atom. The maximum Gasteiger partial charge on any atom is 0.325 e. The number of hydrogen-bond acceptors (Lipinski definition) is 3. The van der Waals surface area contributed by atoms with Crippen molar-refractivity contribution >= 4 is 23.5 Å². The van der Waals surface area contributed by atoms with Gasteiger partial charge in [-0.05, 0) is 31.9 Å². The van der Waals surface area contributed by atoms with E-state index < -0.39 is 12.1 Å². The molecule has 3 rings (SSSR count). The fourth-order valence-corrected chi connectivity index (χ4v) is 3.04. The van der Waals surface area contributed by atoms with Gasteiger partial charge in [0.05, 0.1) is 6.54 Å². The zero-order valence-corrected chi connectivity index (χ0v) is 12.0. The summed E-state index contributed by atoms with van der Waals surface area (Å²) in [7, 11) is 0. The lowest BCUT2D eigenvalue weighted by molar-refractivity contribution is -0.132. The third-order valence-electron chi connectivity index (χ3n) is 4.07. The Hall–Kier alpha value is -2.37. The molecule has 0 radical (unpaired) electrons. The number of carbonyl (C=O) groups excluding carboxylic acids is 3. The van der Waals surface area contributed by atoms with Crippen molar-refractivity contribution in [3.63, 3.8) is 0 Å². The van der Waals surface area contributed by atoms with Crippen LogP contribution in [0.5, 0.6) is 0 Å². The number of para-hydroxylation sites is 1. The van der Waals surface area contributed by atoms with E-state index in [1.807, 2.05) is 31.2 Å². The Labute approximate surface area is 122 Å². The summed E-state index contributed by atoms with van der Waals surface area (Å²) < 4.78 is 0. The van der Waals surface area contributed by atoms with Crippen molar-refractivity contribution in [2.24, 2.45) is 0 Å². The third kappa shape index (κ3) is 2.07. The molecule has 0 saturated carbocycles. The van der Waals surface area contributed by atoms with Crippen LogP contribution < -0.4 is 10.2 Å². The first-order chi connectivity index (χ1) is 10.0. The summed E-state index contributed by atoms with van der Waals surface area (Å²) in [6.45, 7) is 3.53. The van der Waals surface area contributed by atoms with Crippen molar-refractivity contribution < 1.29 is 14.4 Å². The summed E-state index contributed by atoms with van der Waals surface area (Å²) in [6, 6.07) is 6.45. The molecule has 0 spiro atoms. The second-order valence-corrected chi connectivity index (χ2v) is 5.49. The molecule has 2 aliphatic rings. The Bertz CT molecular complexity index is 612. The summed E-state index contributed by atoms with van der Waals surface area (Å²) in [6.07, 6.45) is 0.786. The van der Waals surface area contributed by atoms with Crippen molar-refractivity contribution in [3.05, 3.63) is 29.8 Å². The molecule has 1 fully saturated rings. The fourth-order valence-electron chi connectivity index (χ4n) is 3.04. The number of amides is 4. The van der Waals surface area contributed by atoms with Crippen LogP contribution in [0.2, 0.25) is 0 Å². The van der Waals surface area contributed by atoms with Crippen LogP contribution in [0.3, 0.4) is 0 Å². The quantitative estimate of drug-likeness (QED) is 0.822. The second kappa shape index (κ2) is 4.87. The van der Waals surface area contributed by atoms with Gasteiger partial charge in [-0.1, -0.05) is 18.2 Å². The van der Waals surface area contributed by atoms with Crippen LogP contribution >= 0.6 is 0 Å². The zero-order chi connectivity index (χ0) is 15.1. The highest BCUT2D eigenvalue weighted by Gasteiger charge is 2.41. The van der Waals surface area contributed by atoms with Gasteiger partial charge in [0.25, 0.3) is 5.91 Å². The van der Waals surface area contributed by atoms with E-state index in [1.165, 1.54) is 0 Å². The minimum Gasteiger partial charge on any atom is -0.329 e. The van der Waals surface area contributed by atoms with Gasteiger partial charge in [0.1, 0.15) is 6.04 Å². The number of nitrogens with zero attached hydrogens (tertiary/aromatic N) is 2. The van der Waals surface area contributed by atoms with E-state index >= 15 is 0 Å². The largest absolute Gasteiger partial charge is 0.329 e. The first-order valence-corrected chi connectivity index (χ1v) is 7.01. The lowest BCUT2D eigenvalue weighted by atomic mass is 10.1. The molecule has 1 N–H and O–H groups in total. The molecule has 1 saturated heterocycles. The number of imide groups is 1. The second-order valence-electron chi connectivity index (χ2n) is 5.49. The lowest BCUT2D eigenvalue weighted by Gasteiger charge is -2.29. The van der Waals surface area contributed by atoms with Gasteiger partial charge in [-0.15, -0.1) is 0 Å². The molecule has 110 valence electrons. The molecule has 0 aromatic heterocycles.